The van der Waals surface area contributed by atoms with Gasteiger partial charge in [0.25, 0.3) is 0 Å². The zero-order chi connectivity index (χ0) is 18.9. The Hall–Kier alpha value is -1.37. The van der Waals surface area contributed by atoms with Crippen molar-refractivity contribution in [2.75, 3.05) is 0 Å². The van der Waals surface area contributed by atoms with Gasteiger partial charge in [-0.05, 0) is 30.4 Å². The minimum absolute atomic E-state index is 0.426. The third-order valence-electron chi connectivity index (χ3n) is 5.28. The van der Waals surface area contributed by atoms with Crippen molar-refractivity contribution in [3.8, 4) is 0 Å². The van der Waals surface area contributed by atoms with Crippen molar-refractivity contribution < 1.29 is 4.79 Å². The van der Waals surface area contributed by atoms with E-state index in [1.54, 1.807) is 0 Å². The lowest BCUT2D eigenvalue weighted by Crippen LogP contribution is -1.94. The fourth-order valence-corrected chi connectivity index (χ4v) is 3.42. The molecular weight excluding hydrogens is 316 g/mol. The lowest BCUT2D eigenvalue weighted by atomic mass is 10.0. The highest BCUT2D eigenvalue weighted by Crippen LogP contribution is 2.14. The first-order chi connectivity index (χ1) is 12.8. The van der Waals surface area contributed by atoms with Gasteiger partial charge in [0.2, 0.25) is 0 Å². The molecule has 0 aliphatic carbocycles. The maximum Gasteiger partial charge on any atom is 0.132 e. The first-order valence-corrected chi connectivity index (χ1v) is 11.0. The predicted molar refractivity (Wildman–Crippen MR) is 116 cm³/mol. The quantitative estimate of drug-likeness (QED) is 0.259. The van der Waals surface area contributed by atoms with Crippen LogP contribution in [0.4, 0.5) is 0 Å². The Labute approximate surface area is 162 Å². The van der Waals surface area contributed by atoms with E-state index in [9.17, 15) is 4.79 Å². The lowest BCUT2D eigenvalue weighted by molar-refractivity contribution is -0.118. The van der Waals surface area contributed by atoms with E-state index in [2.05, 4.69) is 30.8 Å². The van der Waals surface area contributed by atoms with Crippen LogP contribution >= 0.6 is 0 Å². The van der Waals surface area contributed by atoms with Crippen LogP contribution in [-0.2, 0) is 11.2 Å². The second-order valence-electron chi connectivity index (χ2n) is 7.58. The Morgan fingerprint density at radius 1 is 0.769 bits per heavy atom. The van der Waals surface area contributed by atoms with Crippen LogP contribution in [0.2, 0.25) is 0 Å². The average Bonchev–Trinajstić information content (AvgIpc) is 2.68. The standard InChI is InChI=1S/C25H40O/c1-3-23-19-21-24(22-20-23)17-15-13-11-9-7-5-6-8-10-12-14-16-18-25(26)4-2/h3,19-22H,1,4-18H2,2H3. The number of unbranched alkanes of at least 4 members (excludes halogenated alkanes) is 11. The van der Waals surface area contributed by atoms with Crippen LogP contribution in [0.5, 0.6) is 0 Å². The summed E-state index contributed by atoms with van der Waals surface area (Å²) in [7, 11) is 0. The van der Waals surface area contributed by atoms with Gasteiger partial charge in [-0.3, -0.25) is 4.79 Å². The molecule has 1 aromatic rings. The molecule has 0 amide bonds. The summed E-state index contributed by atoms with van der Waals surface area (Å²) in [4.78, 5) is 11.2. The minimum atomic E-state index is 0.426. The highest BCUT2D eigenvalue weighted by Gasteiger charge is 1.98. The number of aryl methyl sites for hydroxylation is 1. The zero-order valence-electron chi connectivity index (χ0n) is 17.1. The largest absolute Gasteiger partial charge is 0.300 e. The molecule has 1 nitrogen and oxygen atoms in total. The van der Waals surface area contributed by atoms with E-state index in [0.717, 1.165) is 12.8 Å². The lowest BCUT2D eigenvalue weighted by Gasteiger charge is -2.04. The summed E-state index contributed by atoms with van der Waals surface area (Å²) < 4.78 is 0. The second kappa shape index (κ2) is 15.9. The van der Waals surface area contributed by atoms with Crippen LogP contribution in [-0.4, -0.2) is 5.78 Å². The van der Waals surface area contributed by atoms with E-state index in [4.69, 9.17) is 0 Å². The van der Waals surface area contributed by atoms with Crippen LogP contribution < -0.4 is 0 Å². The maximum atomic E-state index is 11.2. The number of Topliss-reactive ketones (excluding diaryl/α,β-unsaturated/α-hetero) is 1. The van der Waals surface area contributed by atoms with Crippen molar-refractivity contribution >= 4 is 11.9 Å². The second-order valence-corrected chi connectivity index (χ2v) is 7.58. The van der Waals surface area contributed by atoms with E-state index in [1.165, 1.54) is 88.2 Å². The SMILES string of the molecule is C=Cc1ccc(CCCCCCCCCCCCCCC(=O)CC)cc1. The number of carbonyl (C=O) groups excluding carboxylic acids is 1. The predicted octanol–water partition coefficient (Wildman–Crippen LogP) is 7.92. The van der Waals surface area contributed by atoms with E-state index in [-0.39, 0.29) is 0 Å². The van der Waals surface area contributed by atoms with Gasteiger partial charge in [0, 0.05) is 12.8 Å². The van der Waals surface area contributed by atoms with E-state index >= 15 is 0 Å². The van der Waals surface area contributed by atoms with E-state index < -0.39 is 0 Å². The molecule has 0 aromatic heterocycles. The normalized spacial score (nSPS) is 10.8. The molecule has 0 spiro atoms. The number of hydrogen-bond donors (Lipinski definition) is 0. The first kappa shape index (κ1) is 22.7. The molecule has 0 saturated heterocycles. The molecule has 0 aliphatic rings. The van der Waals surface area contributed by atoms with Gasteiger partial charge in [-0.25, -0.2) is 0 Å². The molecule has 0 fully saturated rings. The van der Waals surface area contributed by atoms with Crippen molar-refractivity contribution in [1.29, 1.82) is 0 Å². The summed E-state index contributed by atoms with van der Waals surface area (Å²) in [5.74, 6) is 0.426. The molecule has 0 aliphatic heterocycles. The zero-order valence-corrected chi connectivity index (χ0v) is 17.1. The first-order valence-electron chi connectivity index (χ1n) is 11.0. The fraction of sp³-hybridized carbons (Fsp3) is 0.640. The van der Waals surface area contributed by atoms with Crippen LogP contribution in [0.15, 0.2) is 30.8 Å². The van der Waals surface area contributed by atoms with Crippen LogP contribution in [0.1, 0.15) is 108 Å². The topological polar surface area (TPSA) is 17.1 Å². The highest BCUT2D eigenvalue weighted by atomic mass is 16.1. The summed E-state index contributed by atoms with van der Waals surface area (Å²) in [5, 5.41) is 0. The molecule has 1 rings (SSSR count). The van der Waals surface area contributed by atoms with Gasteiger partial charge in [-0.15, -0.1) is 0 Å². The van der Waals surface area contributed by atoms with Crippen LogP contribution in [0.25, 0.3) is 6.08 Å². The smallest absolute Gasteiger partial charge is 0.132 e. The van der Waals surface area contributed by atoms with Crippen molar-refractivity contribution in [3.05, 3.63) is 42.0 Å². The highest BCUT2D eigenvalue weighted by molar-refractivity contribution is 5.77. The minimum Gasteiger partial charge on any atom is -0.300 e. The van der Waals surface area contributed by atoms with Gasteiger partial charge in [0.1, 0.15) is 5.78 Å². The molecule has 1 aromatic carbocycles. The number of ketones is 1. The molecule has 1 heteroatoms. The number of hydrogen-bond acceptors (Lipinski definition) is 1. The summed E-state index contributed by atoms with van der Waals surface area (Å²) in [6.07, 6.45) is 20.7. The van der Waals surface area contributed by atoms with Crippen LogP contribution in [0, 0.1) is 0 Å². The molecule has 0 bridgehead atoms. The summed E-state index contributed by atoms with van der Waals surface area (Å²) in [6.45, 7) is 5.76. The Bertz CT molecular complexity index is 471. The molecule has 0 heterocycles. The third-order valence-corrected chi connectivity index (χ3v) is 5.28. The van der Waals surface area contributed by atoms with E-state index in [1.807, 2.05) is 13.0 Å². The number of carbonyl (C=O) groups is 1. The molecule has 0 N–H and O–H groups in total. The molecule has 0 unspecified atom stereocenters. The number of rotatable bonds is 17. The van der Waals surface area contributed by atoms with Gasteiger partial charge in [-0.1, -0.05) is 108 Å². The molecule has 0 atom stereocenters. The van der Waals surface area contributed by atoms with Crippen LogP contribution in [0.3, 0.4) is 0 Å². The molecular formula is C25H40O. The Morgan fingerprint density at radius 2 is 1.23 bits per heavy atom. The third kappa shape index (κ3) is 12.1. The van der Waals surface area contributed by atoms with Gasteiger partial charge in [0.05, 0.1) is 0 Å². The Kier molecular flexibility index (Phi) is 13.8. The van der Waals surface area contributed by atoms with Crippen molar-refractivity contribution in [1.82, 2.24) is 0 Å². The van der Waals surface area contributed by atoms with Gasteiger partial charge >= 0.3 is 0 Å². The van der Waals surface area contributed by atoms with Gasteiger partial charge in [0.15, 0.2) is 0 Å². The van der Waals surface area contributed by atoms with Gasteiger partial charge in [-0.2, -0.15) is 0 Å². The van der Waals surface area contributed by atoms with Crippen molar-refractivity contribution in [2.45, 2.75) is 103 Å². The fourth-order valence-electron chi connectivity index (χ4n) is 3.42. The summed E-state index contributed by atoms with van der Waals surface area (Å²) in [6, 6.07) is 8.79. The summed E-state index contributed by atoms with van der Waals surface area (Å²) >= 11 is 0. The Balaban J connectivity index is 1.80. The average molecular weight is 357 g/mol. The van der Waals surface area contributed by atoms with Crippen molar-refractivity contribution in [3.63, 3.8) is 0 Å². The molecule has 0 saturated carbocycles. The maximum absolute atomic E-state index is 11.2. The Morgan fingerprint density at radius 3 is 1.69 bits per heavy atom. The molecule has 0 radical (unpaired) electrons. The monoisotopic (exact) mass is 356 g/mol. The number of benzene rings is 1. The summed E-state index contributed by atoms with van der Waals surface area (Å²) in [5.41, 5.74) is 2.66. The van der Waals surface area contributed by atoms with E-state index in [0.29, 0.717) is 12.2 Å². The van der Waals surface area contributed by atoms with Crippen molar-refractivity contribution in [2.24, 2.45) is 0 Å². The molecule has 26 heavy (non-hydrogen) atoms. The van der Waals surface area contributed by atoms with Gasteiger partial charge < -0.3 is 0 Å². The molecule has 146 valence electrons.